The monoisotopic (exact) mass is 302 g/mol. The average molecular weight is 303 g/mol. The SMILES string of the molecule is CCN(Cc1nc(C(C)(C)N)no1)C1CCCCC1.Cl. The van der Waals surface area contributed by atoms with Gasteiger partial charge in [-0.05, 0) is 33.2 Å². The molecule has 1 aliphatic rings. The minimum Gasteiger partial charge on any atom is -0.338 e. The van der Waals surface area contributed by atoms with Crippen LogP contribution < -0.4 is 5.73 Å². The molecule has 1 heterocycles. The lowest BCUT2D eigenvalue weighted by Gasteiger charge is -2.32. The van der Waals surface area contributed by atoms with Gasteiger partial charge < -0.3 is 10.3 Å². The van der Waals surface area contributed by atoms with Crippen molar-refractivity contribution in [3.8, 4) is 0 Å². The fraction of sp³-hybridized carbons (Fsp3) is 0.857. The van der Waals surface area contributed by atoms with Gasteiger partial charge in [0.1, 0.15) is 0 Å². The Labute approximate surface area is 127 Å². The highest BCUT2D eigenvalue weighted by Crippen LogP contribution is 2.24. The highest BCUT2D eigenvalue weighted by Gasteiger charge is 2.24. The Morgan fingerprint density at radius 3 is 2.45 bits per heavy atom. The predicted octanol–water partition coefficient (Wildman–Crippen LogP) is 2.84. The van der Waals surface area contributed by atoms with Gasteiger partial charge in [0.05, 0.1) is 12.1 Å². The molecule has 1 aliphatic carbocycles. The molecule has 0 bridgehead atoms. The van der Waals surface area contributed by atoms with Gasteiger partial charge >= 0.3 is 0 Å². The number of nitrogens with two attached hydrogens (primary N) is 1. The summed E-state index contributed by atoms with van der Waals surface area (Å²) in [5.74, 6) is 1.27. The quantitative estimate of drug-likeness (QED) is 0.906. The van der Waals surface area contributed by atoms with E-state index in [-0.39, 0.29) is 12.4 Å². The van der Waals surface area contributed by atoms with Crippen LogP contribution in [0.3, 0.4) is 0 Å². The molecule has 20 heavy (non-hydrogen) atoms. The maximum atomic E-state index is 5.98. The van der Waals surface area contributed by atoms with E-state index in [9.17, 15) is 0 Å². The molecule has 1 aromatic heterocycles. The highest BCUT2D eigenvalue weighted by molar-refractivity contribution is 5.85. The minimum atomic E-state index is -0.538. The molecule has 2 rings (SSSR count). The Morgan fingerprint density at radius 2 is 1.95 bits per heavy atom. The van der Waals surface area contributed by atoms with Crippen LogP contribution in [0.25, 0.3) is 0 Å². The van der Waals surface area contributed by atoms with Crippen LogP contribution in [0.15, 0.2) is 4.52 Å². The van der Waals surface area contributed by atoms with Gasteiger partial charge in [-0.2, -0.15) is 4.98 Å². The molecule has 116 valence electrons. The van der Waals surface area contributed by atoms with E-state index in [1.165, 1.54) is 32.1 Å². The molecule has 1 fully saturated rings. The fourth-order valence-corrected chi connectivity index (χ4v) is 2.70. The second kappa shape index (κ2) is 7.38. The van der Waals surface area contributed by atoms with Crippen LogP contribution in [-0.2, 0) is 12.1 Å². The summed E-state index contributed by atoms with van der Waals surface area (Å²) in [6.45, 7) is 7.73. The van der Waals surface area contributed by atoms with Gasteiger partial charge in [0, 0.05) is 6.04 Å². The van der Waals surface area contributed by atoms with E-state index in [0.717, 1.165) is 13.1 Å². The normalized spacial score (nSPS) is 17.2. The molecule has 5 nitrogen and oxygen atoms in total. The van der Waals surface area contributed by atoms with Crippen LogP contribution in [0.1, 0.15) is 64.6 Å². The summed E-state index contributed by atoms with van der Waals surface area (Å²) in [6, 6.07) is 0.667. The van der Waals surface area contributed by atoms with Crippen LogP contribution in [-0.4, -0.2) is 27.6 Å². The van der Waals surface area contributed by atoms with Crippen molar-refractivity contribution in [1.29, 1.82) is 0 Å². The summed E-state index contributed by atoms with van der Waals surface area (Å²) in [4.78, 5) is 6.86. The first-order chi connectivity index (χ1) is 9.00. The van der Waals surface area contributed by atoms with Gasteiger partial charge in [-0.3, -0.25) is 4.90 Å². The number of halogens is 1. The van der Waals surface area contributed by atoms with Crippen LogP contribution in [0.2, 0.25) is 0 Å². The summed E-state index contributed by atoms with van der Waals surface area (Å²) >= 11 is 0. The zero-order valence-electron chi connectivity index (χ0n) is 12.8. The Balaban J connectivity index is 0.00000200. The molecular formula is C14H27ClN4O. The summed E-state index contributed by atoms with van der Waals surface area (Å²) < 4.78 is 5.33. The van der Waals surface area contributed by atoms with Gasteiger partial charge in [-0.1, -0.05) is 31.3 Å². The van der Waals surface area contributed by atoms with Crippen LogP contribution in [0, 0.1) is 0 Å². The maximum Gasteiger partial charge on any atom is 0.240 e. The van der Waals surface area contributed by atoms with E-state index in [4.69, 9.17) is 10.3 Å². The third kappa shape index (κ3) is 4.43. The number of nitrogens with zero attached hydrogens (tertiary/aromatic N) is 3. The maximum absolute atomic E-state index is 5.98. The van der Waals surface area contributed by atoms with Crippen molar-refractivity contribution in [1.82, 2.24) is 15.0 Å². The molecule has 0 aromatic carbocycles. The topological polar surface area (TPSA) is 68.2 Å². The second-order valence-electron chi connectivity index (χ2n) is 6.09. The van der Waals surface area contributed by atoms with E-state index in [1.54, 1.807) is 0 Å². The molecule has 6 heteroatoms. The summed E-state index contributed by atoms with van der Waals surface area (Å²) in [5, 5.41) is 3.98. The zero-order valence-corrected chi connectivity index (χ0v) is 13.6. The Morgan fingerprint density at radius 1 is 1.30 bits per heavy atom. The van der Waals surface area contributed by atoms with Gasteiger partial charge in [0.25, 0.3) is 0 Å². The Hall–Kier alpha value is -0.650. The molecule has 0 amide bonds. The number of hydrogen-bond acceptors (Lipinski definition) is 5. The second-order valence-corrected chi connectivity index (χ2v) is 6.09. The van der Waals surface area contributed by atoms with Crippen molar-refractivity contribution >= 4 is 12.4 Å². The third-order valence-electron chi connectivity index (χ3n) is 3.88. The summed E-state index contributed by atoms with van der Waals surface area (Å²) in [6.07, 6.45) is 6.63. The molecule has 0 atom stereocenters. The average Bonchev–Trinajstić information content (AvgIpc) is 2.85. The molecule has 0 spiro atoms. The van der Waals surface area contributed by atoms with Gasteiger partial charge in [-0.25, -0.2) is 0 Å². The smallest absolute Gasteiger partial charge is 0.240 e. The van der Waals surface area contributed by atoms with E-state index in [0.29, 0.717) is 17.8 Å². The minimum absolute atomic E-state index is 0. The molecule has 0 saturated heterocycles. The third-order valence-corrected chi connectivity index (χ3v) is 3.88. The predicted molar refractivity (Wildman–Crippen MR) is 81.7 cm³/mol. The molecule has 2 N–H and O–H groups in total. The Kier molecular flexibility index (Phi) is 6.43. The molecule has 0 aliphatic heterocycles. The van der Waals surface area contributed by atoms with Crippen LogP contribution in [0.4, 0.5) is 0 Å². The van der Waals surface area contributed by atoms with Crippen LogP contribution in [0.5, 0.6) is 0 Å². The van der Waals surface area contributed by atoms with Crippen molar-refractivity contribution in [2.24, 2.45) is 5.73 Å². The molecular weight excluding hydrogens is 276 g/mol. The van der Waals surface area contributed by atoms with E-state index >= 15 is 0 Å². The standard InChI is InChI=1S/C14H26N4O.ClH/c1-4-18(11-8-6-5-7-9-11)10-12-16-13(17-19-12)14(2,3)15;/h11H,4-10,15H2,1-3H3;1H. The van der Waals surface area contributed by atoms with Crippen molar-refractivity contribution in [3.05, 3.63) is 11.7 Å². The summed E-state index contributed by atoms with van der Waals surface area (Å²) in [7, 11) is 0. The first kappa shape index (κ1) is 17.4. The van der Waals surface area contributed by atoms with Crippen molar-refractivity contribution in [2.75, 3.05) is 6.54 Å². The summed E-state index contributed by atoms with van der Waals surface area (Å²) in [5.41, 5.74) is 5.44. The van der Waals surface area contributed by atoms with Gasteiger partial charge in [-0.15, -0.1) is 12.4 Å². The molecule has 0 radical (unpaired) electrons. The van der Waals surface area contributed by atoms with E-state index < -0.39 is 5.54 Å². The van der Waals surface area contributed by atoms with Crippen molar-refractivity contribution in [3.63, 3.8) is 0 Å². The van der Waals surface area contributed by atoms with Crippen molar-refractivity contribution in [2.45, 2.75) is 71.0 Å². The van der Waals surface area contributed by atoms with Crippen molar-refractivity contribution < 1.29 is 4.52 Å². The number of aromatic nitrogens is 2. The lowest BCUT2D eigenvalue weighted by atomic mass is 9.94. The highest BCUT2D eigenvalue weighted by atomic mass is 35.5. The number of hydrogen-bond donors (Lipinski definition) is 1. The fourth-order valence-electron chi connectivity index (χ4n) is 2.70. The van der Waals surface area contributed by atoms with E-state index in [1.807, 2.05) is 13.8 Å². The van der Waals surface area contributed by atoms with Crippen LogP contribution >= 0.6 is 12.4 Å². The lowest BCUT2D eigenvalue weighted by molar-refractivity contribution is 0.138. The lowest BCUT2D eigenvalue weighted by Crippen LogP contribution is -2.36. The molecule has 1 saturated carbocycles. The molecule has 1 aromatic rings. The number of rotatable bonds is 5. The first-order valence-corrected chi connectivity index (χ1v) is 7.36. The van der Waals surface area contributed by atoms with Gasteiger partial charge in [0.2, 0.25) is 5.89 Å². The van der Waals surface area contributed by atoms with E-state index in [2.05, 4.69) is 22.0 Å². The molecule has 0 unspecified atom stereocenters. The zero-order chi connectivity index (χ0) is 13.9. The van der Waals surface area contributed by atoms with Gasteiger partial charge in [0.15, 0.2) is 5.82 Å². The largest absolute Gasteiger partial charge is 0.338 e. The first-order valence-electron chi connectivity index (χ1n) is 7.36. The Bertz CT molecular complexity index is 396.